The number of alkyl halides is 2. The van der Waals surface area contributed by atoms with Crippen LogP contribution >= 0.6 is 0 Å². The van der Waals surface area contributed by atoms with Gasteiger partial charge in [0.25, 0.3) is 12.0 Å². The van der Waals surface area contributed by atoms with Gasteiger partial charge in [-0.05, 0) is 6.07 Å². The Morgan fingerprint density at radius 2 is 1.96 bits per heavy atom. The maximum atomic E-state index is 12.6. The molecular formula is C15H10F2N4O2. The molecule has 1 N–H and O–H groups in total. The van der Waals surface area contributed by atoms with Gasteiger partial charge >= 0.3 is 0 Å². The molecule has 0 atom stereocenters. The molecule has 0 unspecified atom stereocenters. The molecule has 0 amide bonds. The molecule has 0 bridgehead atoms. The van der Waals surface area contributed by atoms with Crippen molar-refractivity contribution in [2.24, 2.45) is 0 Å². The predicted octanol–water partition coefficient (Wildman–Crippen LogP) is 2.37. The molecule has 0 spiro atoms. The number of aromatic nitrogens is 4. The van der Waals surface area contributed by atoms with Gasteiger partial charge in [-0.3, -0.25) is 14.7 Å². The van der Waals surface area contributed by atoms with Gasteiger partial charge in [0.1, 0.15) is 5.69 Å². The zero-order valence-corrected chi connectivity index (χ0v) is 11.6. The zero-order valence-electron chi connectivity index (χ0n) is 11.6. The Bertz CT molecular complexity index is 887. The second kappa shape index (κ2) is 5.91. The van der Waals surface area contributed by atoms with Crippen molar-refractivity contribution in [3.63, 3.8) is 0 Å². The summed E-state index contributed by atoms with van der Waals surface area (Å²) < 4.78 is 26.2. The van der Waals surface area contributed by atoms with Crippen LogP contribution in [-0.4, -0.2) is 26.3 Å². The van der Waals surface area contributed by atoms with E-state index in [0.29, 0.717) is 23.2 Å². The van der Waals surface area contributed by atoms with E-state index >= 15 is 0 Å². The minimum atomic E-state index is -2.57. The minimum Gasteiger partial charge on any atom is -0.298 e. The molecule has 0 fully saturated rings. The van der Waals surface area contributed by atoms with Gasteiger partial charge in [-0.2, -0.15) is 14.9 Å². The van der Waals surface area contributed by atoms with Crippen LogP contribution in [0.2, 0.25) is 0 Å². The Kier molecular flexibility index (Phi) is 3.80. The van der Waals surface area contributed by atoms with Gasteiger partial charge in [0.2, 0.25) is 0 Å². The molecule has 2 heterocycles. The fraction of sp³-hybridized carbons (Fsp3) is 0.0667. The van der Waals surface area contributed by atoms with Crippen LogP contribution in [0, 0.1) is 0 Å². The van der Waals surface area contributed by atoms with E-state index in [9.17, 15) is 18.4 Å². The maximum Gasteiger partial charge on any atom is 0.282 e. The first-order valence-electron chi connectivity index (χ1n) is 6.57. The van der Waals surface area contributed by atoms with Crippen LogP contribution in [0.5, 0.6) is 0 Å². The van der Waals surface area contributed by atoms with E-state index in [-0.39, 0.29) is 11.1 Å². The summed E-state index contributed by atoms with van der Waals surface area (Å²) in [6.45, 7) is 0. The normalized spacial score (nSPS) is 10.9. The topological polar surface area (TPSA) is 80.6 Å². The highest BCUT2D eigenvalue weighted by molar-refractivity contribution is 5.77. The highest BCUT2D eigenvalue weighted by atomic mass is 19.3. The average Bonchev–Trinajstić information content (AvgIpc) is 3.09. The van der Waals surface area contributed by atoms with Crippen LogP contribution in [-0.2, 0) is 0 Å². The Hall–Kier alpha value is -3.16. The first kappa shape index (κ1) is 14.8. The number of benzene rings is 1. The van der Waals surface area contributed by atoms with E-state index in [1.54, 1.807) is 0 Å². The average molecular weight is 316 g/mol. The molecule has 0 saturated heterocycles. The second-order valence-electron chi connectivity index (χ2n) is 4.70. The van der Waals surface area contributed by atoms with E-state index in [0.717, 1.165) is 4.68 Å². The van der Waals surface area contributed by atoms with Crippen molar-refractivity contribution in [3.05, 3.63) is 64.2 Å². The molecule has 3 rings (SSSR count). The van der Waals surface area contributed by atoms with Gasteiger partial charge < -0.3 is 0 Å². The number of hydrogen-bond acceptors (Lipinski definition) is 4. The van der Waals surface area contributed by atoms with E-state index in [1.165, 1.54) is 42.7 Å². The number of H-pyrrole nitrogens is 1. The molecule has 23 heavy (non-hydrogen) atoms. The van der Waals surface area contributed by atoms with Crippen molar-refractivity contribution >= 4 is 6.29 Å². The number of carbonyl (C=O) groups is 1. The van der Waals surface area contributed by atoms with E-state index in [1.807, 2.05) is 0 Å². The summed E-state index contributed by atoms with van der Waals surface area (Å²) in [5.74, 6) is 0. The standard InChI is InChI=1S/C15H10F2N4O2/c16-14(17)10-3-1-9(2-4-10)13-5-11(8-22)15(23)21(20-13)12-6-18-19-7-12/h1-8,14H,(H,18,19). The number of rotatable bonds is 4. The molecule has 1 aromatic carbocycles. The summed E-state index contributed by atoms with van der Waals surface area (Å²) in [6, 6.07) is 6.79. The maximum absolute atomic E-state index is 12.6. The third-order valence-corrected chi connectivity index (χ3v) is 3.25. The number of halogens is 2. The van der Waals surface area contributed by atoms with Gasteiger partial charge in [0.05, 0.1) is 17.5 Å². The molecule has 0 saturated carbocycles. The molecule has 0 radical (unpaired) electrons. The third-order valence-electron chi connectivity index (χ3n) is 3.25. The summed E-state index contributed by atoms with van der Waals surface area (Å²) in [5, 5.41) is 10.4. The number of nitrogens with zero attached hydrogens (tertiary/aromatic N) is 3. The number of hydrogen-bond donors (Lipinski definition) is 1. The lowest BCUT2D eigenvalue weighted by atomic mass is 10.1. The van der Waals surface area contributed by atoms with E-state index in [2.05, 4.69) is 15.3 Å². The number of aromatic amines is 1. The van der Waals surface area contributed by atoms with Crippen molar-refractivity contribution in [2.75, 3.05) is 0 Å². The highest BCUT2D eigenvalue weighted by Crippen LogP contribution is 2.23. The number of nitrogens with one attached hydrogen (secondary N) is 1. The molecule has 6 nitrogen and oxygen atoms in total. The molecule has 3 aromatic rings. The highest BCUT2D eigenvalue weighted by Gasteiger charge is 2.13. The lowest BCUT2D eigenvalue weighted by molar-refractivity contribution is 0.112. The summed E-state index contributed by atoms with van der Waals surface area (Å²) in [4.78, 5) is 23.3. The molecule has 8 heteroatoms. The Morgan fingerprint density at radius 1 is 1.22 bits per heavy atom. The van der Waals surface area contributed by atoms with Crippen molar-refractivity contribution < 1.29 is 13.6 Å². The summed E-state index contributed by atoms with van der Waals surface area (Å²) in [7, 11) is 0. The van der Waals surface area contributed by atoms with Gasteiger partial charge in [-0.25, -0.2) is 8.78 Å². The van der Waals surface area contributed by atoms with E-state index in [4.69, 9.17) is 0 Å². The van der Waals surface area contributed by atoms with Gasteiger partial charge in [-0.15, -0.1) is 0 Å². The van der Waals surface area contributed by atoms with Crippen LogP contribution in [0.15, 0.2) is 47.5 Å². The van der Waals surface area contributed by atoms with Crippen LogP contribution in [0.25, 0.3) is 16.9 Å². The molecular weight excluding hydrogens is 306 g/mol. The van der Waals surface area contributed by atoms with E-state index < -0.39 is 12.0 Å². The first-order valence-corrected chi connectivity index (χ1v) is 6.57. The summed E-state index contributed by atoms with van der Waals surface area (Å²) in [6.07, 6.45) is 0.694. The predicted molar refractivity (Wildman–Crippen MR) is 77.8 cm³/mol. The van der Waals surface area contributed by atoms with Gasteiger partial charge in [0.15, 0.2) is 6.29 Å². The lowest BCUT2D eigenvalue weighted by Crippen LogP contribution is -2.24. The Balaban J connectivity index is 2.14. The Labute approximate surface area is 128 Å². The van der Waals surface area contributed by atoms with Crippen molar-refractivity contribution in [1.82, 2.24) is 20.0 Å². The monoisotopic (exact) mass is 316 g/mol. The zero-order chi connectivity index (χ0) is 16.4. The molecule has 0 aliphatic rings. The second-order valence-corrected chi connectivity index (χ2v) is 4.70. The fourth-order valence-corrected chi connectivity index (χ4v) is 2.07. The lowest BCUT2D eigenvalue weighted by Gasteiger charge is -2.07. The number of carbonyl (C=O) groups excluding carboxylic acids is 1. The van der Waals surface area contributed by atoms with Crippen LogP contribution in [0.4, 0.5) is 8.78 Å². The number of aldehydes is 1. The smallest absolute Gasteiger partial charge is 0.282 e. The molecule has 2 aromatic heterocycles. The Morgan fingerprint density at radius 3 is 2.52 bits per heavy atom. The molecule has 0 aliphatic carbocycles. The first-order chi connectivity index (χ1) is 11.1. The minimum absolute atomic E-state index is 0.0888. The quantitative estimate of drug-likeness (QED) is 0.749. The van der Waals surface area contributed by atoms with Gasteiger partial charge in [0, 0.05) is 17.3 Å². The third kappa shape index (κ3) is 2.78. The van der Waals surface area contributed by atoms with Crippen molar-refractivity contribution in [3.8, 4) is 16.9 Å². The molecule has 116 valence electrons. The van der Waals surface area contributed by atoms with Crippen LogP contribution in [0.3, 0.4) is 0 Å². The SMILES string of the molecule is O=Cc1cc(-c2ccc(C(F)F)cc2)nn(-c2cn[nH]c2)c1=O. The van der Waals surface area contributed by atoms with Crippen LogP contribution < -0.4 is 5.56 Å². The largest absolute Gasteiger partial charge is 0.298 e. The van der Waals surface area contributed by atoms with Crippen LogP contribution in [0.1, 0.15) is 22.3 Å². The van der Waals surface area contributed by atoms with Gasteiger partial charge in [-0.1, -0.05) is 24.3 Å². The summed E-state index contributed by atoms with van der Waals surface area (Å²) >= 11 is 0. The van der Waals surface area contributed by atoms with Crippen molar-refractivity contribution in [2.45, 2.75) is 6.43 Å². The van der Waals surface area contributed by atoms with Crippen molar-refractivity contribution in [1.29, 1.82) is 0 Å². The fourth-order valence-electron chi connectivity index (χ4n) is 2.07. The molecule has 0 aliphatic heterocycles. The summed E-state index contributed by atoms with van der Waals surface area (Å²) in [5.41, 5.74) is 0.392.